The summed E-state index contributed by atoms with van der Waals surface area (Å²) in [5.74, 6) is 0.122. The van der Waals surface area contributed by atoms with Gasteiger partial charge in [-0.1, -0.05) is 12.2 Å². The topological polar surface area (TPSA) is 32.3 Å². The van der Waals surface area contributed by atoms with Crippen LogP contribution in [0.4, 0.5) is 0 Å². The standard InChI is InChI=1S/C10H20N2O/c1-8(2)6-11-7-10(13)12(5)9(3)4/h9,11H,1,6-7H2,2-5H3. The van der Waals surface area contributed by atoms with Gasteiger partial charge >= 0.3 is 0 Å². The van der Waals surface area contributed by atoms with Crippen LogP contribution in [-0.2, 0) is 4.79 Å². The van der Waals surface area contributed by atoms with Gasteiger partial charge in [-0.05, 0) is 20.8 Å². The van der Waals surface area contributed by atoms with Crippen molar-refractivity contribution in [3.05, 3.63) is 12.2 Å². The molecule has 0 saturated carbocycles. The molecular weight excluding hydrogens is 164 g/mol. The van der Waals surface area contributed by atoms with Crippen LogP contribution in [0.15, 0.2) is 12.2 Å². The number of hydrogen-bond acceptors (Lipinski definition) is 2. The average molecular weight is 184 g/mol. The smallest absolute Gasteiger partial charge is 0.236 e. The van der Waals surface area contributed by atoms with E-state index in [-0.39, 0.29) is 11.9 Å². The van der Waals surface area contributed by atoms with Crippen LogP contribution in [0.5, 0.6) is 0 Å². The highest BCUT2D eigenvalue weighted by molar-refractivity contribution is 5.78. The molecule has 76 valence electrons. The molecular formula is C10H20N2O. The Kier molecular flexibility index (Phi) is 5.39. The minimum Gasteiger partial charge on any atom is -0.342 e. The van der Waals surface area contributed by atoms with Gasteiger partial charge in [0.2, 0.25) is 5.91 Å². The predicted octanol–water partition coefficient (Wildman–Crippen LogP) is 1.02. The van der Waals surface area contributed by atoms with Gasteiger partial charge in [0, 0.05) is 19.6 Å². The minimum atomic E-state index is 0.122. The minimum absolute atomic E-state index is 0.122. The van der Waals surface area contributed by atoms with Crippen molar-refractivity contribution in [2.24, 2.45) is 0 Å². The zero-order chi connectivity index (χ0) is 10.4. The number of hydrogen-bond donors (Lipinski definition) is 1. The van der Waals surface area contributed by atoms with Crippen molar-refractivity contribution in [2.75, 3.05) is 20.1 Å². The van der Waals surface area contributed by atoms with E-state index in [9.17, 15) is 4.79 Å². The van der Waals surface area contributed by atoms with E-state index in [2.05, 4.69) is 11.9 Å². The summed E-state index contributed by atoms with van der Waals surface area (Å²) in [6.45, 7) is 10.8. The van der Waals surface area contributed by atoms with Gasteiger partial charge in [-0.2, -0.15) is 0 Å². The van der Waals surface area contributed by atoms with Gasteiger partial charge in [-0.15, -0.1) is 0 Å². The van der Waals surface area contributed by atoms with Crippen molar-refractivity contribution in [1.29, 1.82) is 0 Å². The molecule has 0 rings (SSSR count). The molecule has 0 radical (unpaired) electrons. The van der Waals surface area contributed by atoms with Crippen molar-refractivity contribution < 1.29 is 4.79 Å². The zero-order valence-electron chi connectivity index (χ0n) is 9.05. The normalized spacial score (nSPS) is 10.2. The summed E-state index contributed by atoms with van der Waals surface area (Å²) in [6, 6.07) is 0.263. The van der Waals surface area contributed by atoms with E-state index in [4.69, 9.17) is 0 Å². The molecule has 0 spiro atoms. The van der Waals surface area contributed by atoms with E-state index >= 15 is 0 Å². The van der Waals surface area contributed by atoms with Crippen molar-refractivity contribution in [1.82, 2.24) is 10.2 Å². The Morgan fingerprint density at radius 1 is 1.46 bits per heavy atom. The van der Waals surface area contributed by atoms with Crippen LogP contribution in [0, 0.1) is 0 Å². The Hall–Kier alpha value is -0.830. The van der Waals surface area contributed by atoms with E-state index in [0.29, 0.717) is 13.1 Å². The summed E-state index contributed by atoms with van der Waals surface area (Å²) in [5.41, 5.74) is 1.04. The van der Waals surface area contributed by atoms with E-state index in [1.807, 2.05) is 27.8 Å². The van der Waals surface area contributed by atoms with Crippen molar-refractivity contribution >= 4 is 5.91 Å². The highest BCUT2D eigenvalue weighted by Gasteiger charge is 2.10. The van der Waals surface area contributed by atoms with Crippen molar-refractivity contribution in [3.63, 3.8) is 0 Å². The van der Waals surface area contributed by atoms with Crippen LogP contribution < -0.4 is 5.32 Å². The van der Waals surface area contributed by atoms with Gasteiger partial charge < -0.3 is 10.2 Å². The van der Waals surface area contributed by atoms with Gasteiger partial charge in [0.25, 0.3) is 0 Å². The van der Waals surface area contributed by atoms with Gasteiger partial charge in [0.1, 0.15) is 0 Å². The van der Waals surface area contributed by atoms with Crippen LogP contribution in [0.25, 0.3) is 0 Å². The lowest BCUT2D eigenvalue weighted by molar-refractivity contribution is -0.130. The lowest BCUT2D eigenvalue weighted by Gasteiger charge is -2.21. The lowest BCUT2D eigenvalue weighted by Crippen LogP contribution is -2.39. The summed E-state index contributed by atoms with van der Waals surface area (Å²) in [4.78, 5) is 13.1. The molecule has 1 amide bonds. The maximum atomic E-state index is 11.4. The molecule has 0 aromatic heterocycles. The highest BCUT2D eigenvalue weighted by Crippen LogP contribution is 1.93. The molecule has 3 nitrogen and oxygen atoms in total. The fraction of sp³-hybridized carbons (Fsp3) is 0.700. The third-order valence-electron chi connectivity index (χ3n) is 1.87. The van der Waals surface area contributed by atoms with Gasteiger partial charge in [0.15, 0.2) is 0 Å². The molecule has 0 heterocycles. The second-order valence-electron chi connectivity index (χ2n) is 3.66. The third-order valence-corrected chi connectivity index (χ3v) is 1.87. The number of nitrogens with zero attached hydrogens (tertiary/aromatic N) is 1. The molecule has 0 aromatic rings. The summed E-state index contributed by atoms with van der Waals surface area (Å²) < 4.78 is 0. The van der Waals surface area contributed by atoms with E-state index in [0.717, 1.165) is 5.57 Å². The predicted molar refractivity (Wildman–Crippen MR) is 55.6 cm³/mol. The van der Waals surface area contributed by atoms with Crippen LogP contribution in [0.1, 0.15) is 20.8 Å². The van der Waals surface area contributed by atoms with E-state index in [1.54, 1.807) is 4.90 Å². The molecule has 0 atom stereocenters. The summed E-state index contributed by atoms with van der Waals surface area (Å²) in [6.07, 6.45) is 0. The van der Waals surface area contributed by atoms with Crippen LogP contribution in [-0.4, -0.2) is 37.0 Å². The first-order valence-electron chi connectivity index (χ1n) is 4.56. The summed E-state index contributed by atoms with van der Waals surface area (Å²) in [7, 11) is 1.81. The highest BCUT2D eigenvalue weighted by atomic mass is 16.2. The summed E-state index contributed by atoms with van der Waals surface area (Å²) in [5, 5.41) is 3.03. The first-order valence-corrected chi connectivity index (χ1v) is 4.56. The molecule has 0 bridgehead atoms. The monoisotopic (exact) mass is 184 g/mol. The lowest BCUT2D eigenvalue weighted by atomic mass is 10.3. The van der Waals surface area contributed by atoms with Crippen molar-refractivity contribution in [2.45, 2.75) is 26.8 Å². The van der Waals surface area contributed by atoms with Gasteiger partial charge in [-0.3, -0.25) is 4.79 Å². The van der Waals surface area contributed by atoms with Gasteiger partial charge in [-0.25, -0.2) is 0 Å². The average Bonchev–Trinajstić information content (AvgIpc) is 2.02. The third kappa shape index (κ3) is 5.42. The fourth-order valence-electron chi connectivity index (χ4n) is 0.796. The van der Waals surface area contributed by atoms with E-state index in [1.165, 1.54) is 0 Å². The molecule has 0 aliphatic rings. The first kappa shape index (κ1) is 12.2. The zero-order valence-corrected chi connectivity index (χ0v) is 9.05. The number of amides is 1. The Morgan fingerprint density at radius 2 is 2.00 bits per heavy atom. The number of carbonyl (C=O) groups excluding carboxylic acids is 1. The molecule has 13 heavy (non-hydrogen) atoms. The Labute approximate surface area is 80.8 Å². The molecule has 0 unspecified atom stereocenters. The van der Waals surface area contributed by atoms with Crippen LogP contribution in [0.3, 0.4) is 0 Å². The van der Waals surface area contributed by atoms with E-state index < -0.39 is 0 Å². The molecule has 0 saturated heterocycles. The SMILES string of the molecule is C=C(C)CNCC(=O)N(C)C(C)C. The maximum Gasteiger partial charge on any atom is 0.236 e. The molecule has 1 N–H and O–H groups in total. The fourth-order valence-corrected chi connectivity index (χ4v) is 0.796. The maximum absolute atomic E-state index is 11.4. The number of nitrogens with one attached hydrogen (secondary N) is 1. The van der Waals surface area contributed by atoms with Crippen molar-refractivity contribution in [3.8, 4) is 0 Å². The number of likely N-dealkylation sites (N-methyl/N-ethyl adjacent to an activating group) is 1. The van der Waals surface area contributed by atoms with Gasteiger partial charge in [0.05, 0.1) is 6.54 Å². The van der Waals surface area contributed by atoms with Crippen LogP contribution >= 0.6 is 0 Å². The summed E-state index contributed by atoms with van der Waals surface area (Å²) >= 11 is 0. The number of carbonyl (C=O) groups is 1. The molecule has 0 aliphatic carbocycles. The number of rotatable bonds is 5. The molecule has 0 aromatic carbocycles. The Morgan fingerprint density at radius 3 is 2.38 bits per heavy atom. The largest absolute Gasteiger partial charge is 0.342 e. The quantitative estimate of drug-likeness (QED) is 0.647. The first-order chi connectivity index (χ1) is 5.95. The molecule has 3 heteroatoms. The Bertz CT molecular complexity index is 187. The molecule has 0 fully saturated rings. The van der Waals surface area contributed by atoms with Crippen LogP contribution in [0.2, 0.25) is 0 Å². The Balaban J connectivity index is 3.68. The second kappa shape index (κ2) is 5.75. The molecule has 0 aliphatic heterocycles. The second-order valence-corrected chi connectivity index (χ2v) is 3.66.